The van der Waals surface area contributed by atoms with Crippen LogP contribution in [0.25, 0.3) is 0 Å². The minimum absolute atomic E-state index is 0.0724. The molecule has 1 aromatic rings. The Morgan fingerprint density at radius 3 is 2.88 bits per heavy atom. The zero-order valence-electron chi connectivity index (χ0n) is 9.75. The Morgan fingerprint density at radius 1 is 1.38 bits per heavy atom. The number of amides is 1. The van der Waals surface area contributed by atoms with Gasteiger partial charge in [0.15, 0.2) is 0 Å². The van der Waals surface area contributed by atoms with Crippen molar-refractivity contribution in [2.45, 2.75) is 6.92 Å². The van der Waals surface area contributed by atoms with Crippen LogP contribution in [0.1, 0.15) is 17.3 Å². The normalized spacial score (nSPS) is 9.88. The van der Waals surface area contributed by atoms with Crippen LogP contribution in [0, 0.1) is 0 Å². The molecule has 4 nitrogen and oxygen atoms in total. The molecule has 0 saturated carbocycles. The first-order chi connectivity index (χ1) is 7.77. The lowest BCUT2D eigenvalue weighted by Gasteiger charge is -2.06. The number of carbonyl (C=O) groups is 1. The molecule has 0 aliphatic heterocycles. The van der Waals surface area contributed by atoms with Gasteiger partial charge in [-0.2, -0.15) is 0 Å². The van der Waals surface area contributed by atoms with Gasteiger partial charge in [0.05, 0.1) is 7.11 Å². The van der Waals surface area contributed by atoms with Gasteiger partial charge in [0.2, 0.25) is 0 Å². The van der Waals surface area contributed by atoms with Gasteiger partial charge >= 0.3 is 0 Å². The van der Waals surface area contributed by atoms with E-state index in [-0.39, 0.29) is 5.91 Å². The molecule has 0 aliphatic rings. The molecule has 1 amide bonds. The molecule has 16 heavy (non-hydrogen) atoms. The zero-order chi connectivity index (χ0) is 11.8. The van der Waals surface area contributed by atoms with Gasteiger partial charge in [0.25, 0.3) is 5.91 Å². The molecule has 0 aliphatic carbocycles. The maximum atomic E-state index is 11.7. The highest BCUT2D eigenvalue weighted by Gasteiger charge is 2.04. The summed E-state index contributed by atoms with van der Waals surface area (Å²) in [6.07, 6.45) is 0. The molecule has 0 atom stereocenters. The third-order valence-corrected chi connectivity index (χ3v) is 2.17. The number of ether oxygens (including phenoxy) is 1. The highest BCUT2D eigenvalue weighted by atomic mass is 16.5. The molecule has 0 unspecified atom stereocenters. The van der Waals surface area contributed by atoms with Crippen molar-refractivity contribution < 1.29 is 9.53 Å². The molecule has 0 saturated heterocycles. The summed E-state index contributed by atoms with van der Waals surface area (Å²) in [4.78, 5) is 11.7. The van der Waals surface area contributed by atoms with Gasteiger partial charge in [0.1, 0.15) is 5.75 Å². The number of nitrogens with one attached hydrogen (secondary N) is 2. The lowest BCUT2D eigenvalue weighted by Crippen LogP contribution is -2.31. The average molecular weight is 222 g/mol. The molecule has 0 bridgehead atoms. The standard InChI is InChI=1S/C12H18N2O2/c1-3-13-7-8-14-12(15)10-5-4-6-11(9-10)16-2/h4-6,9,13H,3,7-8H2,1-2H3,(H,14,15). The van der Waals surface area contributed by atoms with E-state index in [2.05, 4.69) is 10.6 Å². The van der Waals surface area contributed by atoms with Crippen molar-refractivity contribution in [2.75, 3.05) is 26.7 Å². The maximum Gasteiger partial charge on any atom is 0.251 e. The number of rotatable bonds is 6. The molecule has 4 heteroatoms. The van der Waals surface area contributed by atoms with E-state index < -0.39 is 0 Å². The molecule has 0 heterocycles. The second kappa shape index (κ2) is 6.85. The average Bonchev–Trinajstić information content (AvgIpc) is 2.34. The van der Waals surface area contributed by atoms with Crippen molar-refractivity contribution in [2.24, 2.45) is 0 Å². The van der Waals surface area contributed by atoms with Crippen LogP contribution in [0.4, 0.5) is 0 Å². The number of hydrogen-bond acceptors (Lipinski definition) is 3. The fraction of sp³-hybridized carbons (Fsp3) is 0.417. The van der Waals surface area contributed by atoms with Crippen molar-refractivity contribution >= 4 is 5.91 Å². The Morgan fingerprint density at radius 2 is 2.19 bits per heavy atom. The van der Waals surface area contributed by atoms with Gasteiger partial charge in [-0.3, -0.25) is 4.79 Å². The van der Waals surface area contributed by atoms with Gasteiger partial charge in [-0.15, -0.1) is 0 Å². The van der Waals surface area contributed by atoms with Crippen molar-refractivity contribution in [3.8, 4) is 5.75 Å². The Balaban J connectivity index is 2.46. The van der Waals surface area contributed by atoms with E-state index in [9.17, 15) is 4.79 Å². The van der Waals surface area contributed by atoms with Crippen LogP contribution in [-0.4, -0.2) is 32.7 Å². The quantitative estimate of drug-likeness (QED) is 0.707. The molecular weight excluding hydrogens is 204 g/mol. The summed E-state index contributed by atoms with van der Waals surface area (Å²) in [7, 11) is 1.59. The van der Waals surface area contributed by atoms with Crippen LogP contribution in [0.2, 0.25) is 0 Å². The van der Waals surface area contributed by atoms with Crippen molar-refractivity contribution in [3.63, 3.8) is 0 Å². The van der Waals surface area contributed by atoms with E-state index in [1.54, 1.807) is 25.3 Å². The van der Waals surface area contributed by atoms with E-state index in [0.29, 0.717) is 17.9 Å². The number of benzene rings is 1. The molecule has 0 radical (unpaired) electrons. The molecule has 2 N–H and O–H groups in total. The van der Waals surface area contributed by atoms with Gasteiger partial charge in [-0.25, -0.2) is 0 Å². The number of carbonyl (C=O) groups excluding carboxylic acids is 1. The predicted molar refractivity (Wildman–Crippen MR) is 63.9 cm³/mol. The molecule has 0 fully saturated rings. The second-order valence-corrected chi connectivity index (χ2v) is 3.34. The third-order valence-electron chi connectivity index (χ3n) is 2.17. The van der Waals surface area contributed by atoms with Crippen molar-refractivity contribution in [1.82, 2.24) is 10.6 Å². The van der Waals surface area contributed by atoms with Gasteiger partial charge < -0.3 is 15.4 Å². The Bertz CT molecular complexity index is 340. The van der Waals surface area contributed by atoms with Gasteiger partial charge in [0, 0.05) is 18.7 Å². The van der Waals surface area contributed by atoms with Gasteiger partial charge in [-0.1, -0.05) is 13.0 Å². The summed E-state index contributed by atoms with van der Waals surface area (Å²) < 4.78 is 5.06. The number of likely N-dealkylation sites (N-methyl/N-ethyl adjacent to an activating group) is 1. The summed E-state index contributed by atoms with van der Waals surface area (Å²) in [5, 5.41) is 5.97. The molecule has 88 valence electrons. The maximum absolute atomic E-state index is 11.7. The summed E-state index contributed by atoms with van der Waals surface area (Å²) in [6.45, 7) is 4.36. The Hall–Kier alpha value is -1.55. The van der Waals surface area contributed by atoms with E-state index >= 15 is 0 Å². The van der Waals surface area contributed by atoms with Crippen LogP contribution in [0.5, 0.6) is 5.75 Å². The minimum atomic E-state index is -0.0724. The first-order valence-corrected chi connectivity index (χ1v) is 5.41. The molecule has 1 rings (SSSR count). The lowest BCUT2D eigenvalue weighted by molar-refractivity contribution is 0.0953. The lowest BCUT2D eigenvalue weighted by atomic mass is 10.2. The fourth-order valence-electron chi connectivity index (χ4n) is 1.31. The highest BCUT2D eigenvalue weighted by Crippen LogP contribution is 2.11. The second-order valence-electron chi connectivity index (χ2n) is 3.34. The number of hydrogen-bond donors (Lipinski definition) is 2. The molecule has 0 spiro atoms. The highest BCUT2D eigenvalue weighted by molar-refractivity contribution is 5.94. The number of methoxy groups -OCH3 is 1. The predicted octanol–water partition coefficient (Wildman–Crippen LogP) is 1.03. The fourth-order valence-corrected chi connectivity index (χ4v) is 1.31. The van der Waals surface area contributed by atoms with Crippen molar-refractivity contribution in [3.05, 3.63) is 29.8 Å². The Labute approximate surface area is 96.0 Å². The van der Waals surface area contributed by atoms with Crippen LogP contribution in [0.15, 0.2) is 24.3 Å². The first kappa shape index (κ1) is 12.5. The minimum Gasteiger partial charge on any atom is -0.497 e. The van der Waals surface area contributed by atoms with Gasteiger partial charge in [-0.05, 0) is 24.7 Å². The van der Waals surface area contributed by atoms with E-state index in [1.807, 2.05) is 13.0 Å². The van der Waals surface area contributed by atoms with Crippen LogP contribution in [-0.2, 0) is 0 Å². The molecular formula is C12H18N2O2. The SMILES string of the molecule is CCNCCNC(=O)c1cccc(OC)c1. The topological polar surface area (TPSA) is 50.4 Å². The zero-order valence-corrected chi connectivity index (χ0v) is 9.75. The summed E-state index contributed by atoms with van der Waals surface area (Å²) in [6, 6.07) is 7.11. The van der Waals surface area contributed by atoms with E-state index in [0.717, 1.165) is 13.1 Å². The van der Waals surface area contributed by atoms with Crippen molar-refractivity contribution in [1.29, 1.82) is 0 Å². The summed E-state index contributed by atoms with van der Waals surface area (Å²) >= 11 is 0. The van der Waals surface area contributed by atoms with Crippen LogP contribution in [0.3, 0.4) is 0 Å². The molecule has 0 aromatic heterocycles. The smallest absolute Gasteiger partial charge is 0.251 e. The third kappa shape index (κ3) is 3.90. The first-order valence-electron chi connectivity index (χ1n) is 5.41. The monoisotopic (exact) mass is 222 g/mol. The summed E-state index contributed by atoms with van der Waals surface area (Å²) in [5.41, 5.74) is 0.621. The molecule has 1 aromatic carbocycles. The van der Waals surface area contributed by atoms with Crippen LogP contribution < -0.4 is 15.4 Å². The Kier molecular flexibility index (Phi) is 5.36. The summed E-state index contributed by atoms with van der Waals surface area (Å²) in [5.74, 6) is 0.621. The largest absolute Gasteiger partial charge is 0.497 e. The van der Waals surface area contributed by atoms with E-state index in [4.69, 9.17) is 4.74 Å². The van der Waals surface area contributed by atoms with Crippen LogP contribution >= 0.6 is 0 Å². The van der Waals surface area contributed by atoms with E-state index in [1.165, 1.54) is 0 Å².